The minimum Gasteiger partial charge on any atom is -0.490 e. The molecule has 0 N–H and O–H groups in total. The summed E-state index contributed by atoms with van der Waals surface area (Å²) in [5.74, 6) is 2.56. The summed E-state index contributed by atoms with van der Waals surface area (Å²) in [6.45, 7) is 8.77. The second kappa shape index (κ2) is 11.0. The van der Waals surface area contributed by atoms with Crippen LogP contribution in [0.25, 0.3) is 0 Å². The molecule has 4 heteroatoms. The predicted octanol–water partition coefficient (Wildman–Crippen LogP) is 5.92. The lowest BCUT2D eigenvalue weighted by Gasteiger charge is -2.32. The van der Waals surface area contributed by atoms with Gasteiger partial charge >= 0.3 is 0 Å². The molecule has 172 valence electrons. The SMILES string of the molecule is CCCOc1cc2c(cc1OCCC)C(=O)C(CC1CCN(Cc3ccccc3)CC1)C2. The topological polar surface area (TPSA) is 38.8 Å². The first-order valence-electron chi connectivity index (χ1n) is 12.4. The molecule has 0 aromatic heterocycles. The van der Waals surface area contributed by atoms with Crippen molar-refractivity contribution in [1.82, 2.24) is 4.90 Å². The zero-order valence-corrected chi connectivity index (χ0v) is 19.6. The highest BCUT2D eigenvalue weighted by Crippen LogP contribution is 2.40. The van der Waals surface area contributed by atoms with Crippen LogP contribution in [-0.4, -0.2) is 37.0 Å². The van der Waals surface area contributed by atoms with Gasteiger partial charge in [-0.15, -0.1) is 0 Å². The van der Waals surface area contributed by atoms with Crippen LogP contribution < -0.4 is 9.47 Å². The number of carbonyl (C=O) groups is 1. The van der Waals surface area contributed by atoms with E-state index in [9.17, 15) is 4.79 Å². The first kappa shape index (κ1) is 22.8. The average molecular weight is 436 g/mol. The Labute approximate surface area is 192 Å². The van der Waals surface area contributed by atoms with Gasteiger partial charge in [0.1, 0.15) is 0 Å². The molecule has 1 aliphatic carbocycles. The Bertz CT molecular complexity index is 887. The Balaban J connectivity index is 1.35. The number of piperidine rings is 1. The highest BCUT2D eigenvalue weighted by Gasteiger charge is 2.34. The molecule has 4 nitrogen and oxygen atoms in total. The molecule has 2 aromatic carbocycles. The minimum absolute atomic E-state index is 0.108. The maximum Gasteiger partial charge on any atom is 0.166 e. The fourth-order valence-electron chi connectivity index (χ4n) is 5.04. The standard InChI is InChI=1S/C28H37NO3/c1-3-14-31-26-18-23-17-24(28(30)25(23)19-27(26)32-15-4-2)16-21-10-12-29(13-11-21)20-22-8-6-5-7-9-22/h5-9,18-19,21,24H,3-4,10-17,20H2,1-2H3. The molecule has 1 saturated heterocycles. The van der Waals surface area contributed by atoms with Crippen LogP contribution in [0.5, 0.6) is 11.5 Å². The van der Waals surface area contributed by atoms with Crippen LogP contribution in [0.4, 0.5) is 0 Å². The number of likely N-dealkylation sites (tertiary alicyclic amines) is 1. The Morgan fingerprint density at radius 1 is 0.938 bits per heavy atom. The molecular formula is C28H37NO3. The largest absolute Gasteiger partial charge is 0.490 e. The summed E-state index contributed by atoms with van der Waals surface area (Å²) in [5, 5.41) is 0. The van der Waals surface area contributed by atoms with Crippen molar-refractivity contribution >= 4 is 5.78 Å². The molecule has 2 aliphatic rings. The van der Waals surface area contributed by atoms with Crippen molar-refractivity contribution in [2.75, 3.05) is 26.3 Å². The van der Waals surface area contributed by atoms with E-state index in [-0.39, 0.29) is 5.92 Å². The zero-order valence-electron chi connectivity index (χ0n) is 19.6. The minimum atomic E-state index is 0.108. The molecular weight excluding hydrogens is 398 g/mol. The normalized spacial score (nSPS) is 19.2. The first-order valence-corrected chi connectivity index (χ1v) is 12.4. The van der Waals surface area contributed by atoms with Crippen LogP contribution in [0.1, 0.15) is 67.4 Å². The number of carbonyl (C=O) groups excluding carboxylic acids is 1. The number of hydrogen-bond acceptors (Lipinski definition) is 4. The number of rotatable bonds is 10. The van der Waals surface area contributed by atoms with E-state index >= 15 is 0 Å². The van der Waals surface area contributed by atoms with Crippen molar-refractivity contribution in [2.45, 2.75) is 58.9 Å². The van der Waals surface area contributed by atoms with Gasteiger partial charge in [-0.05, 0) is 80.8 Å². The van der Waals surface area contributed by atoms with E-state index in [2.05, 4.69) is 55.1 Å². The van der Waals surface area contributed by atoms with E-state index in [4.69, 9.17) is 9.47 Å². The summed E-state index contributed by atoms with van der Waals surface area (Å²) in [5.41, 5.74) is 3.37. The van der Waals surface area contributed by atoms with Crippen molar-refractivity contribution in [2.24, 2.45) is 11.8 Å². The summed E-state index contributed by atoms with van der Waals surface area (Å²) >= 11 is 0. The molecule has 1 unspecified atom stereocenters. The molecule has 0 spiro atoms. The van der Waals surface area contributed by atoms with E-state index in [0.717, 1.165) is 67.9 Å². The molecule has 32 heavy (non-hydrogen) atoms. The van der Waals surface area contributed by atoms with Crippen molar-refractivity contribution in [3.63, 3.8) is 0 Å². The van der Waals surface area contributed by atoms with E-state index in [1.165, 1.54) is 18.4 Å². The van der Waals surface area contributed by atoms with Crippen LogP contribution in [0.3, 0.4) is 0 Å². The van der Waals surface area contributed by atoms with Gasteiger partial charge in [0.2, 0.25) is 0 Å². The van der Waals surface area contributed by atoms with E-state index in [1.54, 1.807) is 0 Å². The van der Waals surface area contributed by atoms with Gasteiger partial charge in [-0.3, -0.25) is 9.69 Å². The average Bonchev–Trinajstić information content (AvgIpc) is 3.12. The fraction of sp³-hybridized carbons (Fsp3) is 0.536. The van der Waals surface area contributed by atoms with Crippen LogP contribution in [0.2, 0.25) is 0 Å². The van der Waals surface area contributed by atoms with E-state index in [1.807, 2.05) is 6.07 Å². The molecule has 2 aromatic rings. The molecule has 1 fully saturated rings. The van der Waals surface area contributed by atoms with Gasteiger partial charge in [0.25, 0.3) is 0 Å². The maximum atomic E-state index is 13.2. The van der Waals surface area contributed by atoms with Gasteiger partial charge < -0.3 is 9.47 Å². The lowest BCUT2D eigenvalue weighted by molar-refractivity contribution is 0.0895. The number of ketones is 1. The van der Waals surface area contributed by atoms with Gasteiger partial charge in [-0.2, -0.15) is 0 Å². The number of hydrogen-bond donors (Lipinski definition) is 0. The van der Waals surface area contributed by atoms with Crippen molar-refractivity contribution in [1.29, 1.82) is 0 Å². The smallest absolute Gasteiger partial charge is 0.166 e. The zero-order chi connectivity index (χ0) is 22.3. The molecule has 0 saturated carbocycles. The summed E-state index contributed by atoms with van der Waals surface area (Å²) in [6.07, 6.45) is 6.10. The lowest BCUT2D eigenvalue weighted by Crippen LogP contribution is -2.34. The molecule has 1 atom stereocenters. The summed E-state index contributed by atoms with van der Waals surface area (Å²) in [6, 6.07) is 14.7. The molecule has 4 rings (SSSR count). The first-order chi connectivity index (χ1) is 15.7. The number of benzene rings is 2. The van der Waals surface area contributed by atoms with Gasteiger partial charge in [0.05, 0.1) is 13.2 Å². The van der Waals surface area contributed by atoms with Crippen LogP contribution in [-0.2, 0) is 13.0 Å². The third-order valence-corrected chi connectivity index (χ3v) is 6.77. The highest BCUT2D eigenvalue weighted by atomic mass is 16.5. The Morgan fingerprint density at radius 2 is 1.59 bits per heavy atom. The second-order valence-corrected chi connectivity index (χ2v) is 9.36. The molecule has 1 aliphatic heterocycles. The van der Waals surface area contributed by atoms with Crippen LogP contribution >= 0.6 is 0 Å². The highest BCUT2D eigenvalue weighted by molar-refractivity contribution is 6.02. The monoisotopic (exact) mass is 435 g/mol. The molecule has 1 heterocycles. The molecule has 0 radical (unpaired) electrons. The number of nitrogens with zero attached hydrogens (tertiary/aromatic N) is 1. The van der Waals surface area contributed by atoms with Crippen LogP contribution in [0.15, 0.2) is 42.5 Å². The summed E-state index contributed by atoms with van der Waals surface area (Å²) in [7, 11) is 0. The maximum absolute atomic E-state index is 13.2. The summed E-state index contributed by atoms with van der Waals surface area (Å²) in [4.78, 5) is 15.8. The molecule has 0 amide bonds. The molecule has 0 bridgehead atoms. The van der Waals surface area contributed by atoms with Crippen molar-refractivity contribution in [3.8, 4) is 11.5 Å². The van der Waals surface area contributed by atoms with E-state index < -0.39 is 0 Å². The van der Waals surface area contributed by atoms with Crippen molar-refractivity contribution in [3.05, 3.63) is 59.2 Å². The fourth-order valence-corrected chi connectivity index (χ4v) is 5.04. The Hall–Kier alpha value is -2.33. The third kappa shape index (κ3) is 5.53. The number of fused-ring (bicyclic) bond motifs is 1. The van der Waals surface area contributed by atoms with Crippen molar-refractivity contribution < 1.29 is 14.3 Å². The van der Waals surface area contributed by atoms with Gasteiger partial charge in [0.15, 0.2) is 17.3 Å². The van der Waals surface area contributed by atoms with Crippen LogP contribution in [0, 0.1) is 11.8 Å². The predicted molar refractivity (Wildman–Crippen MR) is 129 cm³/mol. The quantitative estimate of drug-likeness (QED) is 0.464. The lowest BCUT2D eigenvalue weighted by atomic mass is 9.85. The number of Topliss-reactive ketones (excluding diaryl/α,β-unsaturated/α-hetero) is 1. The van der Waals surface area contributed by atoms with Gasteiger partial charge in [0, 0.05) is 18.0 Å². The Kier molecular flexibility index (Phi) is 7.85. The van der Waals surface area contributed by atoms with Gasteiger partial charge in [-0.1, -0.05) is 44.2 Å². The van der Waals surface area contributed by atoms with Gasteiger partial charge in [-0.25, -0.2) is 0 Å². The third-order valence-electron chi connectivity index (χ3n) is 6.77. The second-order valence-electron chi connectivity index (χ2n) is 9.36. The Morgan fingerprint density at radius 3 is 2.25 bits per heavy atom. The number of ether oxygens (including phenoxy) is 2. The van der Waals surface area contributed by atoms with E-state index in [0.29, 0.717) is 24.9 Å². The summed E-state index contributed by atoms with van der Waals surface area (Å²) < 4.78 is 11.9.